The van der Waals surface area contributed by atoms with Gasteiger partial charge in [0.1, 0.15) is 0 Å². The van der Waals surface area contributed by atoms with Crippen molar-refractivity contribution < 1.29 is 31.9 Å². The summed E-state index contributed by atoms with van der Waals surface area (Å²) in [5.41, 5.74) is 0. The molecule has 0 aliphatic heterocycles. The molecule has 0 aliphatic carbocycles. The van der Waals surface area contributed by atoms with Crippen molar-refractivity contribution in [1.82, 2.24) is 20.2 Å². The van der Waals surface area contributed by atoms with E-state index < -0.39 is 36.9 Å². The number of carbonyl (C=O) groups is 1. The summed E-state index contributed by atoms with van der Waals surface area (Å²) in [6.07, 6.45) is -6.37. The van der Waals surface area contributed by atoms with E-state index in [9.17, 15) is 26.7 Å². The van der Waals surface area contributed by atoms with Gasteiger partial charge in [0.2, 0.25) is 5.82 Å². The number of alkyl halides is 5. The summed E-state index contributed by atoms with van der Waals surface area (Å²) in [5.74, 6) is -8.03. The largest absolute Gasteiger partial charge is 0.481 e. The predicted molar refractivity (Wildman–Crippen MR) is 44.6 cm³/mol. The van der Waals surface area contributed by atoms with E-state index in [4.69, 9.17) is 5.11 Å². The van der Waals surface area contributed by atoms with Gasteiger partial charge in [0.05, 0.1) is 0 Å². The van der Waals surface area contributed by atoms with Crippen molar-refractivity contribution in [2.24, 2.45) is 0 Å². The molecule has 0 unspecified atom stereocenters. The molecule has 0 radical (unpaired) electrons. The third-order valence-electron chi connectivity index (χ3n) is 1.93. The lowest BCUT2D eigenvalue weighted by molar-refractivity contribution is -0.293. The summed E-state index contributed by atoms with van der Waals surface area (Å²) in [4.78, 5) is 10.2. The molecule has 0 saturated carbocycles. The van der Waals surface area contributed by atoms with Crippen LogP contribution in [0.5, 0.6) is 0 Å². The molecule has 0 aliphatic rings. The van der Waals surface area contributed by atoms with E-state index in [2.05, 4.69) is 15.5 Å². The van der Waals surface area contributed by atoms with E-state index in [0.717, 1.165) is 0 Å². The van der Waals surface area contributed by atoms with Crippen LogP contribution in [0.3, 0.4) is 0 Å². The quantitative estimate of drug-likeness (QED) is 0.816. The zero-order valence-corrected chi connectivity index (χ0v) is 8.66. The molecule has 1 heterocycles. The van der Waals surface area contributed by atoms with Gasteiger partial charge < -0.3 is 5.11 Å². The van der Waals surface area contributed by atoms with Gasteiger partial charge in [-0.1, -0.05) is 0 Å². The van der Waals surface area contributed by atoms with Crippen LogP contribution in [0.4, 0.5) is 22.0 Å². The van der Waals surface area contributed by atoms with Gasteiger partial charge >= 0.3 is 18.1 Å². The molecule has 1 rings (SSSR count). The predicted octanol–water partition coefficient (Wildman–Crippen LogP) is 1.19. The van der Waals surface area contributed by atoms with Crippen LogP contribution >= 0.6 is 0 Å². The maximum absolute atomic E-state index is 12.9. The Morgan fingerprint density at radius 2 is 1.89 bits per heavy atom. The Morgan fingerprint density at radius 3 is 2.39 bits per heavy atom. The zero-order valence-electron chi connectivity index (χ0n) is 8.66. The summed E-state index contributed by atoms with van der Waals surface area (Å²) in [6, 6.07) is 0. The van der Waals surface area contributed by atoms with E-state index in [0.29, 0.717) is 0 Å². The summed E-state index contributed by atoms with van der Waals surface area (Å²) >= 11 is 0. The average Bonchev–Trinajstić information content (AvgIpc) is 2.64. The van der Waals surface area contributed by atoms with Crippen LogP contribution in [0.2, 0.25) is 0 Å². The highest BCUT2D eigenvalue weighted by Gasteiger charge is 2.62. The minimum atomic E-state index is -5.81. The molecule has 0 fully saturated rings. The topological polar surface area (TPSA) is 80.9 Å². The van der Waals surface area contributed by atoms with Gasteiger partial charge in [-0.2, -0.15) is 22.0 Å². The van der Waals surface area contributed by atoms with Gasteiger partial charge in [-0.3, -0.25) is 4.79 Å². The lowest BCUT2D eigenvalue weighted by atomic mass is 10.3. The van der Waals surface area contributed by atoms with Gasteiger partial charge in [-0.15, -0.1) is 5.10 Å². The van der Waals surface area contributed by atoms with Crippen LogP contribution in [-0.2, 0) is 17.3 Å². The molecule has 0 spiro atoms. The normalized spacial score (nSPS) is 12.7. The van der Waals surface area contributed by atoms with Crippen molar-refractivity contribution in [3.63, 3.8) is 0 Å². The van der Waals surface area contributed by atoms with Crippen molar-refractivity contribution >= 4 is 5.97 Å². The average molecular weight is 274 g/mol. The Hall–Kier alpha value is -1.81. The maximum Gasteiger partial charge on any atom is 0.461 e. The lowest BCUT2D eigenvalue weighted by Crippen LogP contribution is -2.36. The lowest BCUT2D eigenvalue weighted by Gasteiger charge is -2.18. The molecule has 102 valence electrons. The van der Waals surface area contributed by atoms with E-state index in [1.54, 1.807) is 0 Å². The van der Waals surface area contributed by atoms with Crippen LogP contribution in [0.15, 0.2) is 0 Å². The van der Waals surface area contributed by atoms with Crippen LogP contribution in [0.1, 0.15) is 18.7 Å². The van der Waals surface area contributed by atoms with Gasteiger partial charge in [-0.05, 0) is 16.8 Å². The number of aromatic nitrogens is 4. The third kappa shape index (κ3) is 2.90. The number of hydrogen-bond acceptors (Lipinski definition) is 4. The minimum Gasteiger partial charge on any atom is -0.481 e. The number of tetrazole rings is 1. The summed E-state index contributed by atoms with van der Waals surface area (Å²) < 4.78 is 62.3. The fourth-order valence-electron chi connectivity index (χ4n) is 1.09. The molecule has 1 aromatic heterocycles. The van der Waals surface area contributed by atoms with E-state index >= 15 is 0 Å². The monoisotopic (exact) mass is 274 g/mol. The van der Waals surface area contributed by atoms with Crippen molar-refractivity contribution in [2.45, 2.75) is 31.5 Å². The molecule has 1 N–H and O–H groups in total. The molecular formula is C7H7F5N4O2. The first kappa shape index (κ1) is 14.3. The number of nitrogens with zero attached hydrogens (tertiary/aromatic N) is 4. The highest BCUT2D eigenvalue weighted by molar-refractivity contribution is 5.66. The molecule has 0 aromatic carbocycles. The van der Waals surface area contributed by atoms with E-state index in [-0.39, 0.29) is 11.1 Å². The van der Waals surface area contributed by atoms with Crippen molar-refractivity contribution in [2.75, 3.05) is 0 Å². The van der Waals surface area contributed by atoms with Crippen LogP contribution < -0.4 is 0 Å². The second kappa shape index (κ2) is 4.82. The number of carboxylic acid groups (broad SMARTS) is 1. The Bertz CT molecular complexity index is 430. The number of aliphatic carboxylic acids is 1. The second-order valence-corrected chi connectivity index (χ2v) is 3.30. The standard InChI is InChI=1S/C7H7F5N4O2/c8-6(9,7(10,11)12)5-13-14-15-16(5)3-1-2-4(17)18/h1-3H2,(H,17,18). The first-order chi connectivity index (χ1) is 8.16. The fourth-order valence-corrected chi connectivity index (χ4v) is 1.09. The van der Waals surface area contributed by atoms with Crippen LogP contribution in [0.25, 0.3) is 0 Å². The molecule has 1 aromatic rings. The fraction of sp³-hybridized carbons (Fsp3) is 0.714. The van der Waals surface area contributed by atoms with Gasteiger partial charge in [-0.25, -0.2) is 4.68 Å². The summed E-state index contributed by atoms with van der Waals surface area (Å²) in [5, 5.41) is 16.7. The zero-order chi connectivity index (χ0) is 14.0. The van der Waals surface area contributed by atoms with Gasteiger partial charge in [0.25, 0.3) is 0 Å². The molecule has 6 nitrogen and oxygen atoms in total. The highest BCUT2D eigenvalue weighted by atomic mass is 19.4. The van der Waals surface area contributed by atoms with Crippen molar-refractivity contribution in [3.05, 3.63) is 5.82 Å². The third-order valence-corrected chi connectivity index (χ3v) is 1.93. The van der Waals surface area contributed by atoms with Gasteiger partial charge in [0.15, 0.2) is 0 Å². The molecule has 0 atom stereocenters. The van der Waals surface area contributed by atoms with Gasteiger partial charge in [0, 0.05) is 13.0 Å². The van der Waals surface area contributed by atoms with Crippen molar-refractivity contribution in [3.8, 4) is 0 Å². The molecule has 11 heteroatoms. The maximum atomic E-state index is 12.9. The molecule has 0 bridgehead atoms. The Labute approximate surface area is 96.4 Å². The van der Waals surface area contributed by atoms with Crippen LogP contribution in [0, 0.1) is 0 Å². The first-order valence-corrected chi connectivity index (χ1v) is 4.59. The second-order valence-electron chi connectivity index (χ2n) is 3.30. The van der Waals surface area contributed by atoms with Crippen LogP contribution in [-0.4, -0.2) is 37.5 Å². The van der Waals surface area contributed by atoms with E-state index in [1.165, 1.54) is 0 Å². The molecule has 0 saturated heterocycles. The Kier molecular flexibility index (Phi) is 3.82. The molecule has 0 amide bonds. The van der Waals surface area contributed by atoms with E-state index in [1.807, 2.05) is 0 Å². The number of halogens is 5. The SMILES string of the molecule is O=C(O)CCCn1nnnc1C(F)(F)C(F)(F)F. The number of aryl methyl sites for hydroxylation is 1. The van der Waals surface area contributed by atoms with Crippen molar-refractivity contribution in [1.29, 1.82) is 0 Å². The highest BCUT2D eigenvalue weighted by Crippen LogP contribution is 2.42. The molecule has 18 heavy (non-hydrogen) atoms. The first-order valence-electron chi connectivity index (χ1n) is 4.59. The summed E-state index contributed by atoms with van der Waals surface area (Å²) in [6.45, 7) is -0.444. The number of carboxylic acids is 1. The number of rotatable bonds is 5. The molecular weight excluding hydrogens is 267 g/mol. The Balaban J connectivity index is 2.86. The summed E-state index contributed by atoms with van der Waals surface area (Å²) in [7, 11) is 0. The Morgan fingerprint density at radius 1 is 1.28 bits per heavy atom. The minimum absolute atomic E-state index is 0.165. The number of hydrogen-bond donors (Lipinski definition) is 1. The smallest absolute Gasteiger partial charge is 0.461 e.